The second kappa shape index (κ2) is 7.86. The van der Waals surface area contributed by atoms with Crippen molar-refractivity contribution in [3.05, 3.63) is 58.4 Å². The van der Waals surface area contributed by atoms with E-state index in [0.717, 1.165) is 9.26 Å². The Hall–Kier alpha value is -2.76. The van der Waals surface area contributed by atoms with Gasteiger partial charge in [-0.1, -0.05) is 0 Å². The van der Waals surface area contributed by atoms with Gasteiger partial charge in [-0.3, -0.25) is 0 Å². The van der Waals surface area contributed by atoms with Crippen molar-refractivity contribution in [3.8, 4) is 5.75 Å². The van der Waals surface area contributed by atoms with Crippen molar-refractivity contribution in [3.63, 3.8) is 0 Å². The summed E-state index contributed by atoms with van der Waals surface area (Å²) in [5.41, 5.74) is 7.67. The predicted octanol–water partition coefficient (Wildman–Crippen LogP) is 5.05. The third-order valence-electron chi connectivity index (χ3n) is 3.34. The molecule has 3 aromatic rings. The average Bonchev–Trinajstić information content (AvgIpc) is 2.61. The molecule has 140 valence electrons. The third-order valence-corrected chi connectivity index (χ3v) is 4.06. The van der Waals surface area contributed by atoms with Crippen molar-refractivity contribution in [1.29, 1.82) is 0 Å². The number of nitrogens with one attached hydrogen (secondary N) is 2. The standard InChI is InChI=1S/C17H13F3IN5O/c18-17(19,20)27-13-7-5-12(6-8-13)26-16-14(22)15(23-9-24-16)25-11-3-1-10(21)2-4-11/h1-9H,22H2,(H2,23,24,25,26). The molecule has 0 spiro atoms. The number of anilines is 5. The molecule has 10 heteroatoms. The summed E-state index contributed by atoms with van der Waals surface area (Å²) in [5, 5.41) is 6.04. The Morgan fingerprint density at radius 3 is 1.81 bits per heavy atom. The van der Waals surface area contributed by atoms with Crippen LogP contribution >= 0.6 is 22.6 Å². The molecule has 0 fully saturated rings. The molecule has 0 aliphatic carbocycles. The van der Waals surface area contributed by atoms with Gasteiger partial charge in [0.25, 0.3) is 0 Å². The van der Waals surface area contributed by atoms with Gasteiger partial charge >= 0.3 is 6.36 Å². The summed E-state index contributed by atoms with van der Waals surface area (Å²) in [6.45, 7) is 0. The third kappa shape index (κ3) is 5.36. The summed E-state index contributed by atoms with van der Waals surface area (Å²) >= 11 is 2.20. The minimum Gasteiger partial charge on any atom is -0.406 e. The molecule has 0 amide bonds. The lowest BCUT2D eigenvalue weighted by Gasteiger charge is -2.13. The maximum atomic E-state index is 12.2. The molecule has 0 saturated carbocycles. The highest BCUT2D eigenvalue weighted by molar-refractivity contribution is 14.1. The Kier molecular flexibility index (Phi) is 5.54. The number of hydrogen-bond acceptors (Lipinski definition) is 6. The number of nitrogen functional groups attached to an aromatic ring is 1. The molecular weight excluding hydrogens is 474 g/mol. The zero-order valence-electron chi connectivity index (χ0n) is 13.6. The number of nitrogens with zero attached hydrogens (tertiary/aromatic N) is 2. The number of rotatable bonds is 5. The second-order valence-electron chi connectivity index (χ2n) is 5.31. The Labute approximate surface area is 166 Å². The Morgan fingerprint density at radius 2 is 1.33 bits per heavy atom. The van der Waals surface area contributed by atoms with Crippen LogP contribution in [0.4, 0.5) is 41.9 Å². The second-order valence-corrected chi connectivity index (χ2v) is 6.56. The van der Waals surface area contributed by atoms with Crippen LogP contribution in [0.3, 0.4) is 0 Å². The minimum atomic E-state index is -4.73. The minimum absolute atomic E-state index is 0.270. The van der Waals surface area contributed by atoms with Gasteiger partial charge in [0.05, 0.1) is 0 Å². The van der Waals surface area contributed by atoms with E-state index in [9.17, 15) is 13.2 Å². The number of aromatic nitrogens is 2. The molecule has 0 saturated heterocycles. The Morgan fingerprint density at radius 1 is 0.852 bits per heavy atom. The number of hydrogen-bond donors (Lipinski definition) is 3. The van der Waals surface area contributed by atoms with Gasteiger partial charge in [0.2, 0.25) is 0 Å². The van der Waals surface area contributed by atoms with Crippen LogP contribution < -0.4 is 21.1 Å². The van der Waals surface area contributed by atoms with E-state index in [1.807, 2.05) is 24.3 Å². The Bertz CT molecular complexity index is 917. The number of nitrogens with two attached hydrogens (primary N) is 1. The van der Waals surface area contributed by atoms with Crippen LogP contribution in [0.2, 0.25) is 0 Å². The molecule has 0 bridgehead atoms. The van der Waals surface area contributed by atoms with Crippen LogP contribution in [0.5, 0.6) is 5.75 Å². The molecule has 0 unspecified atom stereocenters. The van der Waals surface area contributed by atoms with Crippen LogP contribution in [0, 0.1) is 3.57 Å². The van der Waals surface area contributed by atoms with Gasteiger partial charge in [-0.05, 0) is 71.1 Å². The molecule has 1 aromatic heterocycles. The summed E-state index contributed by atoms with van der Waals surface area (Å²) in [6.07, 6.45) is -3.41. The fourth-order valence-corrected chi connectivity index (χ4v) is 2.50. The molecule has 4 N–H and O–H groups in total. The predicted molar refractivity (Wildman–Crippen MR) is 105 cm³/mol. The first kappa shape index (κ1) is 19.0. The van der Waals surface area contributed by atoms with Gasteiger partial charge in [0, 0.05) is 14.9 Å². The lowest BCUT2D eigenvalue weighted by molar-refractivity contribution is -0.274. The first-order valence-corrected chi connectivity index (χ1v) is 8.64. The van der Waals surface area contributed by atoms with Crippen LogP contribution in [-0.2, 0) is 0 Å². The van der Waals surface area contributed by atoms with E-state index in [1.54, 1.807) is 0 Å². The highest BCUT2D eigenvalue weighted by atomic mass is 127. The lowest BCUT2D eigenvalue weighted by Crippen LogP contribution is -2.17. The Balaban J connectivity index is 1.74. The van der Waals surface area contributed by atoms with E-state index in [0.29, 0.717) is 17.3 Å². The van der Waals surface area contributed by atoms with E-state index in [-0.39, 0.29) is 11.4 Å². The van der Waals surface area contributed by atoms with Gasteiger partial charge in [0.15, 0.2) is 11.6 Å². The summed E-state index contributed by atoms with van der Waals surface area (Å²) in [6, 6.07) is 12.9. The zero-order chi connectivity index (χ0) is 19.4. The largest absolute Gasteiger partial charge is 0.573 e. The van der Waals surface area contributed by atoms with Crippen LogP contribution in [0.25, 0.3) is 0 Å². The normalized spacial score (nSPS) is 11.1. The summed E-state index contributed by atoms with van der Waals surface area (Å²) < 4.78 is 41.6. The number of ether oxygens (including phenoxy) is 1. The quantitative estimate of drug-likeness (QED) is 0.437. The first-order valence-electron chi connectivity index (χ1n) is 7.56. The summed E-state index contributed by atoms with van der Waals surface area (Å²) in [7, 11) is 0. The monoisotopic (exact) mass is 487 g/mol. The van der Waals surface area contributed by atoms with Crippen molar-refractivity contribution >= 4 is 51.3 Å². The molecule has 0 aliphatic heterocycles. The topological polar surface area (TPSA) is 85.1 Å². The SMILES string of the molecule is Nc1c(Nc2ccc(I)cc2)ncnc1Nc1ccc(OC(F)(F)F)cc1. The number of benzene rings is 2. The molecule has 0 atom stereocenters. The van der Waals surface area contributed by atoms with E-state index >= 15 is 0 Å². The van der Waals surface area contributed by atoms with Crippen molar-refractivity contribution in [2.24, 2.45) is 0 Å². The van der Waals surface area contributed by atoms with E-state index in [2.05, 4.69) is 47.9 Å². The molecule has 6 nitrogen and oxygen atoms in total. The highest BCUT2D eigenvalue weighted by Crippen LogP contribution is 2.29. The van der Waals surface area contributed by atoms with Crippen molar-refractivity contribution in [2.45, 2.75) is 6.36 Å². The fraction of sp³-hybridized carbons (Fsp3) is 0.0588. The zero-order valence-corrected chi connectivity index (χ0v) is 15.7. The van der Waals surface area contributed by atoms with Gasteiger partial charge in [-0.15, -0.1) is 13.2 Å². The molecule has 1 heterocycles. The molecule has 0 aliphatic rings. The van der Waals surface area contributed by atoms with Crippen molar-refractivity contribution < 1.29 is 17.9 Å². The van der Waals surface area contributed by atoms with Crippen LogP contribution in [0.15, 0.2) is 54.9 Å². The van der Waals surface area contributed by atoms with Crippen LogP contribution in [0.1, 0.15) is 0 Å². The van der Waals surface area contributed by atoms with Gasteiger partial charge in [-0.2, -0.15) is 0 Å². The number of alkyl halides is 3. The molecule has 0 radical (unpaired) electrons. The molecule has 2 aromatic carbocycles. The van der Waals surface area contributed by atoms with Crippen molar-refractivity contribution in [1.82, 2.24) is 9.97 Å². The first-order chi connectivity index (χ1) is 12.8. The lowest BCUT2D eigenvalue weighted by atomic mass is 10.3. The smallest absolute Gasteiger partial charge is 0.406 e. The molecule has 27 heavy (non-hydrogen) atoms. The van der Waals surface area contributed by atoms with E-state index in [4.69, 9.17) is 5.73 Å². The maximum Gasteiger partial charge on any atom is 0.573 e. The van der Waals surface area contributed by atoms with Crippen LogP contribution in [-0.4, -0.2) is 16.3 Å². The summed E-state index contributed by atoms with van der Waals surface area (Å²) in [4.78, 5) is 8.19. The van der Waals surface area contributed by atoms with Gasteiger partial charge in [0.1, 0.15) is 17.8 Å². The molecular formula is C17H13F3IN5O. The molecule has 3 rings (SSSR count). The maximum absolute atomic E-state index is 12.2. The summed E-state index contributed by atoms with van der Waals surface area (Å²) in [5.74, 6) is 0.415. The highest BCUT2D eigenvalue weighted by Gasteiger charge is 2.30. The average molecular weight is 487 g/mol. The number of halogens is 4. The van der Waals surface area contributed by atoms with E-state index in [1.165, 1.54) is 30.6 Å². The van der Waals surface area contributed by atoms with Crippen molar-refractivity contribution in [2.75, 3.05) is 16.4 Å². The van der Waals surface area contributed by atoms with Gasteiger partial charge in [-0.25, -0.2) is 9.97 Å². The van der Waals surface area contributed by atoms with E-state index < -0.39 is 6.36 Å². The van der Waals surface area contributed by atoms with Gasteiger partial charge < -0.3 is 21.1 Å². The fourth-order valence-electron chi connectivity index (χ4n) is 2.14.